The molecular formula is C13H8Cl2FNO2. The van der Waals surface area contributed by atoms with Gasteiger partial charge in [0.1, 0.15) is 0 Å². The van der Waals surface area contributed by atoms with E-state index >= 15 is 0 Å². The van der Waals surface area contributed by atoms with E-state index in [1.807, 2.05) is 0 Å². The molecule has 19 heavy (non-hydrogen) atoms. The topological polar surface area (TPSA) is 50.2 Å². The molecular weight excluding hydrogens is 292 g/mol. The van der Waals surface area contributed by atoms with Crippen molar-refractivity contribution in [2.24, 2.45) is 0 Å². The summed E-state index contributed by atoms with van der Waals surface area (Å²) in [5, 5.41) is 9.50. The molecule has 0 fully saturated rings. The molecule has 0 aliphatic carbocycles. The number of halogens is 3. The van der Waals surface area contributed by atoms with Crippen LogP contribution in [0.1, 0.15) is 5.56 Å². The highest BCUT2D eigenvalue weighted by Gasteiger charge is 2.13. The van der Waals surface area contributed by atoms with E-state index < -0.39 is 18.3 Å². The van der Waals surface area contributed by atoms with Crippen LogP contribution in [0.3, 0.4) is 0 Å². The molecule has 2 aromatic rings. The molecule has 3 nitrogen and oxygen atoms in total. The molecule has 0 amide bonds. The van der Waals surface area contributed by atoms with E-state index in [0.717, 1.165) is 0 Å². The third-order valence-electron chi connectivity index (χ3n) is 2.50. The van der Waals surface area contributed by atoms with Gasteiger partial charge in [-0.05, 0) is 18.2 Å². The first kappa shape index (κ1) is 13.8. The molecule has 1 aromatic carbocycles. The highest BCUT2D eigenvalue weighted by molar-refractivity contribution is 6.39. The molecule has 0 atom stereocenters. The number of aromatic nitrogens is 1. The molecule has 0 aliphatic rings. The smallest absolute Gasteiger partial charge is 0.307 e. The maximum Gasteiger partial charge on any atom is 0.307 e. The fourth-order valence-corrected chi connectivity index (χ4v) is 2.31. The van der Waals surface area contributed by atoms with Crippen molar-refractivity contribution >= 4 is 29.2 Å². The number of hydrogen-bond acceptors (Lipinski definition) is 2. The zero-order valence-corrected chi connectivity index (χ0v) is 11.0. The van der Waals surface area contributed by atoms with Crippen molar-refractivity contribution in [2.45, 2.75) is 6.42 Å². The van der Waals surface area contributed by atoms with E-state index in [4.69, 9.17) is 28.3 Å². The summed E-state index contributed by atoms with van der Waals surface area (Å²) in [7, 11) is 0. The van der Waals surface area contributed by atoms with Crippen LogP contribution in [0.5, 0.6) is 0 Å². The molecule has 0 bridgehead atoms. The number of benzene rings is 1. The Morgan fingerprint density at radius 2 is 1.95 bits per heavy atom. The van der Waals surface area contributed by atoms with Crippen LogP contribution < -0.4 is 0 Å². The zero-order chi connectivity index (χ0) is 14.0. The summed E-state index contributed by atoms with van der Waals surface area (Å²) in [6.07, 6.45) is 0.822. The Kier molecular flexibility index (Phi) is 4.02. The van der Waals surface area contributed by atoms with E-state index in [1.54, 1.807) is 18.2 Å². The van der Waals surface area contributed by atoms with Gasteiger partial charge < -0.3 is 5.11 Å². The monoisotopic (exact) mass is 299 g/mol. The Bertz CT molecular complexity index is 626. The number of pyridine rings is 1. The van der Waals surface area contributed by atoms with Crippen molar-refractivity contribution in [2.75, 3.05) is 0 Å². The van der Waals surface area contributed by atoms with Gasteiger partial charge in [0, 0.05) is 32.9 Å². The minimum atomic E-state index is -1.14. The van der Waals surface area contributed by atoms with Gasteiger partial charge >= 0.3 is 5.97 Å². The molecule has 0 aliphatic heterocycles. The Balaban J connectivity index is 2.54. The zero-order valence-electron chi connectivity index (χ0n) is 9.53. The fourth-order valence-electron chi connectivity index (χ4n) is 1.69. The van der Waals surface area contributed by atoms with Crippen molar-refractivity contribution < 1.29 is 14.3 Å². The SMILES string of the molecule is O=C(O)Cc1cc(-c2c(Cl)cccc2Cl)cnc1F. The molecule has 2 rings (SSSR count). The van der Waals surface area contributed by atoms with Crippen LogP contribution in [-0.2, 0) is 11.2 Å². The summed E-state index contributed by atoms with van der Waals surface area (Å²) in [5.74, 6) is -1.95. The molecule has 1 N–H and O–H groups in total. The number of carboxylic acids is 1. The largest absolute Gasteiger partial charge is 0.481 e. The van der Waals surface area contributed by atoms with Gasteiger partial charge in [-0.1, -0.05) is 29.3 Å². The van der Waals surface area contributed by atoms with Crippen molar-refractivity contribution in [1.82, 2.24) is 4.98 Å². The van der Waals surface area contributed by atoms with Crippen molar-refractivity contribution in [1.29, 1.82) is 0 Å². The summed E-state index contributed by atoms with van der Waals surface area (Å²) in [6, 6.07) is 6.36. The minimum Gasteiger partial charge on any atom is -0.481 e. The summed E-state index contributed by atoms with van der Waals surface area (Å²) in [6.45, 7) is 0. The second-order valence-corrected chi connectivity index (χ2v) is 4.66. The van der Waals surface area contributed by atoms with Crippen LogP contribution in [0, 0.1) is 5.95 Å². The number of hydrogen-bond donors (Lipinski definition) is 1. The normalized spacial score (nSPS) is 10.5. The van der Waals surface area contributed by atoms with Crippen molar-refractivity contribution in [3.63, 3.8) is 0 Å². The van der Waals surface area contributed by atoms with Crippen molar-refractivity contribution in [3.8, 4) is 11.1 Å². The van der Waals surface area contributed by atoms with Crippen LogP contribution >= 0.6 is 23.2 Å². The Labute approximate surface area is 118 Å². The van der Waals surface area contributed by atoms with Crippen LogP contribution in [0.4, 0.5) is 4.39 Å². The molecule has 98 valence electrons. The summed E-state index contributed by atoms with van der Waals surface area (Å²) in [5.41, 5.74) is 0.971. The first-order valence-electron chi connectivity index (χ1n) is 5.29. The van der Waals surface area contributed by atoms with Crippen LogP contribution in [0.15, 0.2) is 30.5 Å². The number of nitrogens with zero attached hydrogens (tertiary/aromatic N) is 1. The van der Waals surface area contributed by atoms with Crippen LogP contribution in [-0.4, -0.2) is 16.1 Å². The highest BCUT2D eigenvalue weighted by atomic mass is 35.5. The second-order valence-electron chi connectivity index (χ2n) is 3.84. The van der Waals surface area contributed by atoms with Crippen molar-refractivity contribution in [3.05, 3.63) is 52.0 Å². The van der Waals surface area contributed by atoms with E-state index in [0.29, 0.717) is 21.2 Å². The quantitative estimate of drug-likeness (QED) is 0.877. The number of carboxylic acid groups (broad SMARTS) is 1. The summed E-state index contributed by atoms with van der Waals surface area (Å²) < 4.78 is 13.4. The molecule has 0 saturated carbocycles. The standard InChI is InChI=1S/C13H8Cl2FNO2/c14-9-2-1-3-10(15)12(9)8-4-7(5-11(18)19)13(16)17-6-8/h1-4,6H,5H2,(H,18,19). The average molecular weight is 300 g/mol. The predicted molar refractivity (Wildman–Crippen MR) is 71.0 cm³/mol. The second kappa shape index (κ2) is 5.55. The maximum absolute atomic E-state index is 13.4. The third kappa shape index (κ3) is 3.03. The molecule has 6 heteroatoms. The van der Waals surface area contributed by atoms with E-state index in [9.17, 15) is 9.18 Å². The van der Waals surface area contributed by atoms with Gasteiger partial charge in [-0.3, -0.25) is 4.79 Å². The highest BCUT2D eigenvalue weighted by Crippen LogP contribution is 2.34. The van der Waals surface area contributed by atoms with Crippen LogP contribution in [0.25, 0.3) is 11.1 Å². The first-order chi connectivity index (χ1) is 8.99. The van der Waals surface area contributed by atoms with Crippen LogP contribution in [0.2, 0.25) is 10.0 Å². The van der Waals surface area contributed by atoms with Gasteiger partial charge in [-0.15, -0.1) is 0 Å². The van der Waals surface area contributed by atoms with Gasteiger partial charge in [0.25, 0.3) is 0 Å². The maximum atomic E-state index is 13.4. The predicted octanol–water partition coefficient (Wildman–Crippen LogP) is 3.82. The van der Waals surface area contributed by atoms with Gasteiger partial charge in [-0.25, -0.2) is 4.98 Å². The minimum absolute atomic E-state index is 0.0130. The molecule has 1 heterocycles. The molecule has 0 spiro atoms. The summed E-state index contributed by atoms with van der Waals surface area (Å²) in [4.78, 5) is 14.2. The van der Waals surface area contributed by atoms with Gasteiger partial charge in [0.15, 0.2) is 0 Å². The first-order valence-corrected chi connectivity index (χ1v) is 6.05. The van der Waals surface area contributed by atoms with Gasteiger partial charge in [-0.2, -0.15) is 4.39 Å². The lowest BCUT2D eigenvalue weighted by atomic mass is 10.0. The number of aliphatic carboxylic acids is 1. The third-order valence-corrected chi connectivity index (χ3v) is 3.13. The van der Waals surface area contributed by atoms with E-state index in [1.165, 1.54) is 12.3 Å². The molecule has 0 radical (unpaired) electrons. The van der Waals surface area contributed by atoms with Gasteiger partial charge in [0.05, 0.1) is 6.42 Å². The fraction of sp³-hybridized carbons (Fsp3) is 0.0769. The number of rotatable bonds is 3. The molecule has 1 aromatic heterocycles. The van der Waals surface area contributed by atoms with Gasteiger partial charge in [0.2, 0.25) is 5.95 Å². The summed E-state index contributed by atoms with van der Waals surface area (Å²) >= 11 is 12.1. The lowest BCUT2D eigenvalue weighted by Crippen LogP contribution is -2.04. The Morgan fingerprint density at radius 3 is 2.53 bits per heavy atom. The molecule has 0 saturated heterocycles. The average Bonchev–Trinajstić information content (AvgIpc) is 2.32. The lowest BCUT2D eigenvalue weighted by molar-refractivity contribution is -0.136. The lowest BCUT2D eigenvalue weighted by Gasteiger charge is -2.08. The Hall–Kier alpha value is -1.65. The Morgan fingerprint density at radius 1 is 1.32 bits per heavy atom. The van der Waals surface area contributed by atoms with E-state index in [2.05, 4.69) is 4.98 Å². The molecule has 0 unspecified atom stereocenters. The van der Waals surface area contributed by atoms with E-state index in [-0.39, 0.29) is 5.56 Å². The number of carbonyl (C=O) groups is 1.